The van der Waals surface area contributed by atoms with Gasteiger partial charge in [0, 0.05) is 28.7 Å². The molecule has 0 radical (unpaired) electrons. The number of nitrogens with zero attached hydrogens (tertiary/aromatic N) is 1. The van der Waals surface area contributed by atoms with E-state index in [1.54, 1.807) is 14.0 Å². The van der Waals surface area contributed by atoms with Crippen molar-refractivity contribution >= 4 is 50.3 Å². The van der Waals surface area contributed by atoms with Crippen molar-refractivity contribution in [3.8, 4) is 5.75 Å². The van der Waals surface area contributed by atoms with Crippen LogP contribution >= 0.6 is 27.5 Å². The van der Waals surface area contributed by atoms with E-state index in [1.807, 2.05) is 63.2 Å². The van der Waals surface area contributed by atoms with Crippen LogP contribution in [0, 0.1) is 6.92 Å². The molecule has 1 amide bonds. The van der Waals surface area contributed by atoms with Crippen LogP contribution in [0.25, 0.3) is 10.9 Å². The second-order valence-corrected chi connectivity index (χ2v) is 10.6. The molecule has 6 nitrogen and oxygen atoms in total. The van der Waals surface area contributed by atoms with Crippen molar-refractivity contribution in [2.24, 2.45) is 0 Å². The van der Waals surface area contributed by atoms with E-state index < -0.39 is 5.60 Å². The Kier molecular flexibility index (Phi) is 8.78. The zero-order chi connectivity index (χ0) is 25.8. The monoisotopic (exact) mass is 560 g/mol. The Hall–Kier alpha value is -2.64. The molecule has 0 spiro atoms. The molecule has 1 heterocycles. The van der Waals surface area contributed by atoms with Gasteiger partial charge in [-0.25, -0.2) is 4.98 Å². The molecule has 35 heavy (non-hydrogen) atoms. The SMILES string of the molecule is COc1ccccc1C(CCC(=O)OC(C)(C)C)CNC(=O)c1c(C)c(Cl)nc2ccc(Br)cc12. The molecule has 1 atom stereocenters. The van der Waals surface area contributed by atoms with Crippen molar-refractivity contribution in [3.05, 3.63) is 68.8 Å². The first kappa shape index (κ1) is 27.0. The van der Waals surface area contributed by atoms with Gasteiger partial charge in [-0.1, -0.05) is 45.7 Å². The largest absolute Gasteiger partial charge is 0.496 e. The molecule has 0 saturated heterocycles. The number of nitrogens with one attached hydrogen (secondary N) is 1. The number of rotatable bonds is 8. The molecule has 0 aliphatic rings. The number of ether oxygens (including phenoxy) is 2. The van der Waals surface area contributed by atoms with Gasteiger partial charge < -0.3 is 14.8 Å². The van der Waals surface area contributed by atoms with Crippen molar-refractivity contribution in [1.29, 1.82) is 0 Å². The van der Waals surface area contributed by atoms with E-state index in [4.69, 9.17) is 21.1 Å². The third-order valence-electron chi connectivity index (χ3n) is 5.56. The van der Waals surface area contributed by atoms with Gasteiger partial charge >= 0.3 is 5.97 Å². The van der Waals surface area contributed by atoms with Crippen molar-refractivity contribution in [1.82, 2.24) is 10.3 Å². The number of para-hydroxylation sites is 1. The smallest absolute Gasteiger partial charge is 0.306 e. The van der Waals surface area contributed by atoms with Crippen LogP contribution < -0.4 is 10.1 Å². The summed E-state index contributed by atoms with van der Waals surface area (Å²) in [5, 5.41) is 4.05. The van der Waals surface area contributed by atoms with Crippen molar-refractivity contribution in [2.45, 2.75) is 52.1 Å². The fourth-order valence-corrected chi connectivity index (χ4v) is 4.50. The highest BCUT2D eigenvalue weighted by molar-refractivity contribution is 9.10. The first-order valence-corrected chi connectivity index (χ1v) is 12.6. The van der Waals surface area contributed by atoms with E-state index in [0.29, 0.717) is 40.7 Å². The number of halogens is 2. The Morgan fingerprint density at radius 2 is 1.89 bits per heavy atom. The third kappa shape index (κ3) is 6.95. The van der Waals surface area contributed by atoms with Gasteiger partial charge in [-0.15, -0.1) is 0 Å². The number of aromatic nitrogens is 1. The zero-order valence-electron chi connectivity index (χ0n) is 20.6. The Labute approximate surface area is 219 Å². The van der Waals surface area contributed by atoms with Crippen LogP contribution in [0.15, 0.2) is 46.9 Å². The minimum Gasteiger partial charge on any atom is -0.496 e. The predicted molar refractivity (Wildman–Crippen MR) is 142 cm³/mol. The lowest BCUT2D eigenvalue weighted by Crippen LogP contribution is -2.30. The molecule has 0 fully saturated rings. The van der Waals surface area contributed by atoms with Gasteiger partial charge in [0.2, 0.25) is 0 Å². The van der Waals surface area contributed by atoms with E-state index in [9.17, 15) is 9.59 Å². The molecule has 186 valence electrons. The van der Waals surface area contributed by atoms with E-state index in [-0.39, 0.29) is 29.4 Å². The first-order chi connectivity index (χ1) is 16.5. The summed E-state index contributed by atoms with van der Waals surface area (Å²) in [4.78, 5) is 30.2. The average Bonchev–Trinajstić information content (AvgIpc) is 2.79. The number of methoxy groups -OCH3 is 1. The van der Waals surface area contributed by atoms with Crippen LogP contribution in [0.1, 0.15) is 61.0 Å². The van der Waals surface area contributed by atoms with Crippen LogP contribution in [0.4, 0.5) is 0 Å². The minimum atomic E-state index is -0.557. The van der Waals surface area contributed by atoms with Crippen LogP contribution in [0.2, 0.25) is 5.15 Å². The molecule has 3 aromatic rings. The number of carbonyl (C=O) groups is 2. The molecule has 0 aliphatic carbocycles. The quantitative estimate of drug-likeness (QED) is 0.248. The summed E-state index contributed by atoms with van der Waals surface area (Å²) in [7, 11) is 1.61. The lowest BCUT2D eigenvalue weighted by Gasteiger charge is -2.23. The number of pyridine rings is 1. The number of esters is 1. The zero-order valence-corrected chi connectivity index (χ0v) is 22.9. The van der Waals surface area contributed by atoms with Crippen LogP contribution in [0.5, 0.6) is 5.75 Å². The number of benzene rings is 2. The number of hydrogen-bond donors (Lipinski definition) is 1. The highest BCUT2D eigenvalue weighted by atomic mass is 79.9. The second-order valence-electron chi connectivity index (χ2n) is 9.34. The van der Waals surface area contributed by atoms with E-state index in [2.05, 4.69) is 26.2 Å². The van der Waals surface area contributed by atoms with E-state index in [1.165, 1.54) is 0 Å². The molecule has 3 rings (SSSR count). The fourth-order valence-electron chi connectivity index (χ4n) is 3.95. The van der Waals surface area contributed by atoms with Gasteiger partial charge in [-0.05, 0) is 69.5 Å². The first-order valence-electron chi connectivity index (χ1n) is 11.4. The summed E-state index contributed by atoms with van der Waals surface area (Å²) in [6.45, 7) is 7.61. The number of fused-ring (bicyclic) bond motifs is 1. The van der Waals surface area contributed by atoms with Gasteiger partial charge in [-0.2, -0.15) is 0 Å². The predicted octanol–water partition coefficient (Wildman–Crippen LogP) is 6.60. The molecule has 8 heteroatoms. The average molecular weight is 562 g/mol. The summed E-state index contributed by atoms with van der Waals surface area (Å²) in [5.74, 6) is -0.00455. The molecule has 0 bridgehead atoms. The van der Waals surface area contributed by atoms with Crippen LogP contribution in [0.3, 0.4) is 0 Å². The van der Waals surface area contributed by atoms with Crippen LogP contribution in [-0.2, 0) is 9.53 Å². The lowest BCUT2D eigenvalue weighted by molar-refractivity contribution is -0.155. The van der Waals surface area contributed by atoms with Gasteiger partial charge in [0.1, 0.15) is 16.5 Å². The van der Waals surface area contributed by atoms with E-state index >= 15 is 0 Å². The third-order valence-corrected chi connectivity index (χ3v) is 6.42. The minimum absolute atomic E-state index is 0.168. The van der Waals surface area contributed by atoms with E-state index in [0.717, 1.165) is 10.0 Å². The molecule has 0 aliphatic heterocycles. The van der Waals surface area contributed by atoms with Crippen molar-refractivity contribution in [2.75, 3.05) is 13.7 Å². The van der Waals surface area contributed by atoms with Gasteiger partial charge in [0.15, 0.2) is 0 Å². The summed E-state index contributed by atoms with van der Waals surface area (Å²) in [6, 6.07) is 13.2. The number of carbonyl (C=O) groups excluding carboxylic acids is 2. The van der Waals surface area contributed by atoms with Crippen molar-refractivity contribution in [3.63, 3.8) is 0 Å². The topological polar surface area (TPSA) is 77.5 Å². The fraction of sp³-hybridized carbons (Fsp3) is 0.370. The lowest BCUT2D eigenvalue weighted by atomic mass is 9.92. The van der Waals surface area contributed by atoms with Gasteiger partial charge in [0.05, 0.1) is 18.2 Å². The van der Waals surface area contributed by atoms with Crippen LogP contribution in [-0.4, -0.2) is 36.1 Å². The standard InChI is InChI=1S/C27H30BrClN2O4/c1-16-24(20-14-18(28)11-12-21(20)31-25(16)29)26(33)30-15-17(10-13-23(32)35-27(2,3)4)19-8-6-7-9-22(19)34-5/h6-9,11-12,14,17H,10,13,15H2,1-5H3,(H,30,33). The highest BCUT2D eigenvalue weighted by Crippen LogP contribution is 2.31. The highest BCUT2D eigenvalue weighted by Gasteiger charge is 2.23. The number of hydrogen-bond acceptors (Lipinski definition) is 5. The molecular weight excluding hydrogens is 532 g/mol. The molecular formula is C27H30BrClN2O4. The molecule has 1 aromatic heterocycles. The van der Waals surface area contributed by atoms with Gasteiger partial charge in [-0.3, -0.25) is 9.59 Å². The van der Waals surface area contributed by atoms with Crippen molar-refractivity contribution < 1.29 is 19.1 Å². The molecule has 0 saturated carbocycles. The summed E-state index contributed by atoms with van der Waals surface area (Å²) < 4.78 is 11.9. The Balaban J connectivity index is 1.87. The Morgan fingerprint density at radius 3 is 2.57 bits per heavy atom. The Bertz CT molecular complexity index is 1240. The summed E-state index contributed by atoms with van der Waals surface area (Å²) in [6.07, 6.45) is 0.698. The molecule has 1 N–H and O–H groups in total. The maximum Gasteiger partial charge on any atom is 0.306 e. The molecule has 2 aromatic carbocycles. The molecule has 1 unspecified atom stereocenters. The number of amides is 1. The summed E-state index contributed by atoms with van der Waals surface area (Å²) >= 11 is 9.81. The Morgan fingerprint density at radius 1 is 1.17 bits per heavy atom. The normalized spacial score (nSPS) is 12.3. The van der Waals surface area contributed by atoms with Gasteiger partial charge in [0.25, 0.3) is 5.91 Å². The maximum atomic E-state index is 13.4. The maximum absolute atomic E-state index is 13.4. The summed E-state index contributed by atoms with van der Waals surface area (Å²) in [5.41, 5.74) is 2.08. The second kappa shape index (κ2) is 11.4.